The van der Waals surface area contributed by atoms with Crippen molar-refractivity contribution >= 4 is 22.4 Å². The zero-order chi connectivity index (χ0) is 20.7. The summed E-state index contributed by atoms with van der Waals surface area (Å²) < 4.78 is 19.7. The zero-order valence-electron chi connectivity index (χ0n) is 16.5. The number of morpholine rings is 1. The highest BCUT2D eigenvalue weighted by Crippen LogP contribution is 2.37. The molecule has 0 radical (unpaired) electrons. The summed E-state index contributed by atoms with van der Waals surface area (Å²) in [5.41, 5.74) is 10.3. The number of halogens is 1. The number of rotatable bonds is 3. The molecule has 4 heterocycles. The van der Waals surface area contributed by atoms with E-state index >= 15 is 0 Å². The molecule has 3 N–H and O–H groups in total. The molecule has 1 fully saturated rings. The van der Waals surface area contributed by atoms with Crippen LogP contribution in [0.1, 0.15) is 6.92 Å². The Kier molecular flexibility index (Phi) is 4.55. The molecule has 0 saturated carbocycles. The largest absolute Gasteiger partial charge is 0.398 e. The monoisotopic (exact) mass is 404 g/mol. The van der Waals surface area contributed by atoms with Gasteiger partial charge in [0.05, 0.1) is 24.9 Å². The molecule has 1 saturated heterocycles. The molecule has 0 spiro atoms. The Balaban J connectivity index is 1.81. The quantitative estimate of drug-likeness (QED) is 0.507. The molecule has 1 atom stereocenters. The second-order valence-electron chi connectivity index (χ2n) is 7.40. The molecule has 5 rings (SSSR count). The fourth-order valence-electron chi connectivity index (χ4n) is 3.92. The van der Waals surface area contributed by atoms with Crippen LogP contribution >= 0.6 is 0 Å². The predicted octanol–water partition coefficient (Wildman–Crippen LogP) is 3.63. The SMILES string of the molecule is C[C@@H]1COCCN1c1cc(-c2cc(F)ccc2N)c2ccnc(-c3ccn[nH]3)c2n1. The number of anilines is 2. The molecule has 7 nitrogen and oxygen atoms in total. The summed E-state index contributed by atoms with van der Waals surface area (Å²) in [6.45, 7) is 4.07. The van der Waals surface area contributed by atoms with Crippen molar-refractivity contribution in [2.75, 3.05) is 30.4 Å². The Bertz CT molecular complexity index is 1210. The number of benzene rings is 1. The second kappa shape index (κ2) is 7.38. The van der Waals surface area contributed by atoms with Gasteiger partial charge in [0, 0.05) is 35.6 Å². The minimum Gasteiger partial charge on any atom is -0.398 e. The van der Waals surface area contributed by atoms with E-state index in [1.807, 2.05) is 18.2 Å². The van der Waals surface area contributed by atoms with Crippen LogP contribution in [-0.4, -0.2) is 46.0 Å². The van der Waals surface area contributed by atoms with Gasteiger partial charge in [0.25, 0.3) is 0 Å². The van der Waals surface area contributed by atoms with Crippen LogP contribution in [0.25, 0.3) is 33.4 Å². The van der Waals surface area contributed by atoms with Gasteiger partial charge in [-0.1, -0.05) is 0 Å². The van der Waals surface area contributed by atoms with Crippen LogP contribution in [0.15, 0.2) is 48.8 Å². The van der Waals surface area contributed by atoms with E-state index in [1.165, 1.54) is 12.1 Å². The molecule has 1 aromatic carbocycles. The first-order valence-corrected chi connectivity index (χ1v) is 9.81. The van der Waals surface area contributed by atoms with Gasteiger partial charge in [0.1, 0.15) is 22.8 Å². The lowest BCUT2D eigenvalue weighted by molar-refractivity contribution is 0.0986. The van der Waals surface area contributed by atoms with Gasteiger partial charge in [-0.05, 0) is 48.9 Å². The van der Waals surface area contributed by atoms with Gasteiger partial charge in [0.15, 0.2) is 0 Å². The fraction of sp³-hybridized carbons (Fsp3) is 0.227. The van der Waals surface area contributed by atoms with Gasteiger partial charge in [-0.3, -0.25) is 10.1 Å². The lowest BCUT2D eigenvalue weighted by Crippen LogP contribution is -2.44. The molecule has 1 aliphatic rings. The number of hydrogen-bond donors (Lipinski definition) is 2. The maximum Gasteiger partial charge on any atom is 0.130 e. The van der Waals surface area contributed by atoms with E-state index in [2.05, 4.69) is 27.0 Å². The van der Waals surface area contributed by atoms with Crippen LogP contribution in [0.2, 0.25) is 0 Å². The molecule has 1 aliphatic heterocycles. The van der Waals surface area contributed by atoms with Crippen molar-refractivity contribution in [3.63, 3.8) is 0 Å². The van der Waals surface area contributed by atoms with Crippen LogP contribution in [0.3, 0.4) is 0 Å². The Labute approximate surface area is 172 Å². The molecule has 0 amide bonds. The number of nitrogens with two attached hydrogens (primary N) is 1. The van der Waals surface area contributed by atoms with Crippen molar-refractivity contribution < 1.29 is 9.13 Å². The van der Waals surface area contributed by atoms with E-state index in [0.29, 0.717) is 35.7 Å². The topological polar surface area (TPSA) is 93.0 Å². The van der Waals surface area contributed by atoms with E-state index in [0.717, 1.165) is 29.0 Å². The standard InChI is InChI=1S/C22H21FN6O/c1-13-12-30-9-8-29(13)20-11-16(17-10-14(23)2-3-18(17)24)15-4-6-25-22(21(15)27-20)19-5-7-26-28-19/h2-7,10-11,13H,8-9,12,24H2,1H3,(H,26,28)/t13-/m1/s1. The van der Waals surface area contributed by atoms with Gasteiger partial charge in [-0.25, -0.2) is 9.37 Å². The van der Waals surface area contributed by atoms with Crippen LogP contribution in [0.5, 0.6) is 0 Å². The normalized spacial score (nSPS) is 16.9. The van der Waals surface area contributed by atoms with Gasteiger partial charge < -0.3 is 15.4 Å². The highest BCUT2D eigenvalue weighted by molar-refractivity contribution is 6.03. The van der Waals surface area contributed by atoms with E-state index in [4.69, 9.17) is 15.5 Å². The summed E-state index contributed by atoms with van der Waals surface area (Å²) in [7, 11) is 0. The molecular formula is C22H21FN6O. The molecule has 0 unspecified atom stereocenters. The molecule has 4 aromatic rings. The first-order chi connectivity index (χ1) is 14.6. The third-order valence-corrected chi connectivity index (χ3v) is 5.44. The molecule has 3 aromatic heterocycles. The summed E-state index contributed by atoms with van der Waals surface area (Å²) in [6, 6.07) is 10.3. The second-order valence-corrected chi connectivity index (χ2v) is 7.40. The first kappa shape index (κ1) is 18.5. The summed E-state index contributed by atoms with van der Waals surface area (Å²) in [5, 5.41) is 7.85. The maximum atomic E-state index is 14.1. The maximum absolute atomic E-state index is 14.1. The van der Waals surface area contributed by atoms with Crippen molar-refractivity contribution in [3.05, 3.63) is 54.6 Å². The van der Waals surface area contributed by atoms with Crippen molar-refractivity contribution in [3.8, 4) is 22.5 Å². The number of aromatic nitrogens is 4. The number of nitrogen functional groups attached to an aromatic ring is 1. The Hall–Kier alpha value is -3.52. The fourth-order valence-corrected chi connectivity index (χ4v) is 3.92. The molecule has 30 heavy (non-hydrogen) atoms. The van der Waals surface area contributed by atoms with Crippen LogP contribution in [0.4, 0.5) is 15.9 Å². The highest BCUT2D eigenvalue weighted by atomic mass is 19.1. The van der Waals surface area contributed by atoms with Crippen molar-refractivity contribution in [2.45, 2.75) is 13.0 Å². The number of fused-ring (bicyclic) bond motifs is 1. The summed E-state index contributed by atoms with van der Waals surface area (Å²) in [5.74, 6) is 0.444. The Morgan fingerprint density at radius 1 is 1.17 bits per heavy atom. The third kappa shape index (κ3) is 3.15. The van der Waals surface area contributed by atoms with Crippen LogP contribution in [0, 0.1) is 5.82 Å². The van der Waals surface area contributed by atoms with Gasteiger partial charge in [0.2, 0.25) is 0 Å². The van der Waals surface area contributed by atoms with Gasteiger partial charge in [-0.15, -0.1) is 0 Å². The number of nitrogens with zero attached hydrogens (tertiary/aromatic N) is 4. The highest BCUT2D eigenvalue weighted by Gasteiger charge is 2.23. The number of H-pyrrole nitrogens is 1. The number of nitrogens with one attached hydrogen (secondary N) is 1. The molecule has 0 aliphatic carbocycles. The van der Waals surface area contributed by atoms with Crippen molar-refractivity contribution in [2.24, 2.45) is 0 Å². The van der Waals surface area contributed by atoms with E-state index in [9.17, 15) is 4.39 Å². The Morgan fingerprint density at radius 3 is 2.87 bits per heavy atom. The van der Waals surface area contributed by atoms with Crippen LogP contribution in [-0.2, 0) is 4.74 Å². The smallest absolute Gasteiger partial charge is 0.130 e. The van der Waals surface area contributed by atoms with Gasteiger partial charge >= 0.3 is 0 Å². The number of pyridine rings is 2. The molecule has 8 heteroatoms. The summed E-state index contributed by atoms with van der Waals surface area (Å²) >= 11 is 0. The lowest BCUT2D eigenvalue weighted by atomic mass is 9.98. The Morgan fingerprint density at radius 2 is 2.07 bits per heavy atom. The van der Waals surface area contributed by atoms with Crippen LogP contribution < -0.4 is 10.6 Å². The average molecular weight is 404 g/mol. The molecular weight excluding hydrogens is 383 g/mol. The minimum atomic E-state index is -0.340. The number of aromatic amines is 1. The zero-order valence-corrected chi connectivity index (χ0v) is 16.5. The predicted molar refractivity (Wildman–Crippen MR) is 115 cm³/mol. The number of hydrogen-bond acceptors (Lipinski definition) is 6. The minimum absolute atomic E-state index is 0.161. The molecule has 152 valence electrons. The van der Waals surface area contributed by atoms with Crippen molar-refractivity contribution in [1.82, 2.24) is 20.2 Å². The van der Waals surface area contributed by atoms with E-state index in [1.54, 1.807) is 18.5 Å². The van der Waals surface area contributed by atoms with E-state index < -0.39 is 0 Å². The summed E-state index contributed by atoms with van der Waals surface area (Å²) in [6.07, 6.45) is 3.39. The average Bonchev–Trinajstić information content (AvgIpc) is 3.29. The van der Waals surface area contributed by atoms with Crippen molar-refractivity contribution in [1.29, 1.82) is 0 Å². The first-order valence-electron chi connectivity index (χ1n) is 9.81. The van der Waals surface area contributed by atoms with E-state index in [-0.39, 0.29) is 11.9 Å². The lowest BCUT2D eigenvalue weighted by Gasteiger charge is -2.34. The third-order valence-electron chi connectivity index (χ3n) is 5.44. The number of ether oxygens (including phenoxy) is 1. The van der Waals surface area contributed by atoms with Gasteiger partial charge in [-0.2, -0.15) is 5.10 Å². The summed E-state index contributed by atoms with van der Waals surface area (Å²) in [4.78, 5) is 11.7. The molecule has 0 bridgehead atoms.